The molecule has 0 fully saturated rings. The van der Waals surface area contributed by atoms with Crippen molar-refractivity contribution in [3.8, 4) is 0 Å². The molecule has 1 aromatic carbocycles. The molecule has 0 aliphatic heterocycles. The lowest BCUT2D eigenvalue weighted by Gasteiger charge is -2.17. The Bertz CT molecular complexity index is 588. The molecule has 7 heteroatoms. The van der Waals surface area contributed by atoms with Gasteiger partial charge in [-0.1, -0.05) is 30.3 Å². The van der Waals surface area contributed by atoms with Crippen LogP contribution in [-0.2, 0) is 23.1 Å². The maximum atomic E-state index is 12.8. The summed E-state index contributed by atoms with van der Waals surface area (Å²) >= 11 is 0. The summed E-state index contributed by atoms with van der Waals surface area (Å²) in [5.41, 5.74) is 0.713. The van der Waals surface area contributed by atoms with E-state index in [1.165, 1.54) is 6.21 Å². The van der Waals surface area contributed by atoms with Gasteiger partial charge in [0.15, 0.2) is 5.44 Å². The monoisotopic (exact) mass is 339 g/mol. The van der Waals surface area contributed by atoms with Crippen LogP contribution in [0, 0.1) is 0 Å². The second kappa shape index (κ2) is 10.1. The summed E-state index contributed by atoms with van der Waals surface area (Å²) in [6.45, 7) is 5.60. The van der Waals surface area contributed by atoms with E-state index in [2.05, 4.69) is 4.99 Å². The van der Waals surface area contributed by atoms with Crippen LogP contribution < -0.4 is 0 Å². The fourth-order valence-corrected chi connectivity index (χ4v) is 3.15. The van der Waals surface area contributed by atoms with Gasteiger partial charge in [0.2, 0.25) is 0 Å². The summed E-state index contributed by atoms with van der Waals surface area (Å²) in [5, 5.41) is 0. The number of carbonyl (C=O) groups excluding carboxylic acids is 1. The number of aliphatic imine (C=N–C) groups is 1. The van der Waals surface area contributed by atoms with Crippen LogP contribution in [0.25, 0.3) is 0 Å². The van der Waals surface area contributed by atoms with Gasteiger partial charge in [0.05, 0.1) is 25.9 Å². The van der Waals surface area contributed by atoms with E-state index in [0.717, 1.165) is 11.6 Å². The molecule has 0 aliphatic rings. The van der Waals surface area contributed by atoms with E-state index in [1.54, 1.807) is 20.8 Å². The highest BCUT2D eigenvalue weighted by molar-refractivity contribution is 7.58. The summed E-state index contributed by atoms with van der Waals surface area (Å²) in [5.74, 6) is -0.646. The number of rotatable bonds is 9. The smallest absolute Gasteiger partial charge is 0.379 e. The van der Waals surface area contributed by atoms with Crippen molar-refractivity contribution in [2.75, 3.05) is 19.8 Å². The Hall–Kier alpha value is -1.75. The molecule has 23 heavy (non-hydrogen) atoms. The molecule has 0 aliphatic carbocycles. The molecule has 6 nitrogen and oxygen atoms in total. The van der Waals surface area contributed by atoms with Gasteiger partial charge in [-0.05, 0) is 26.3 Å². The fraction of sp³-hybridized carbons (Fsp3) is 0.375. The molecule has 0 atom stereocenters. The first-order valence-electron chi connectivity index (χ1n) is 7.43. The topological polar surface area (TPSA) is 74.2 Å². The molecular formula is C16H22NO5P. The highest BCUT2D eigenvalue weighted by Gasteiger charge is 2.30. The van der Waals surface area contributed by atoms with Crippen LogP contribution in [0.3, 0.4) is 0 Å². The number of hydrogen-bond donors (Lipinski definition) is 0. The fourth-order valence-electron chi connectivity index (χ4n) is 1.67. The van der Waals surface area contributed by atoms with E-state index < -0.39 is 13.6 Å². The zero-order valence-electron chi connectivity index (χ0n) is 13.6. The third-order valence-electron chi connectivity index (χ3n) is 2.56. The minimum atomic E-state index is -3.68. The summed E-state index contributed by atoms with van der Waals surface area (Å²) < 4.78 is 28.2. The second-order valence-corrected chi connectivity index (χ2v) is 6.23. The molecule has 0 N–H and O–H groups in total. The zero-order valence-corrected chi connectivity index (χ0v) is 14.5. The maximum absolute atomic E-state index is 12.8. The lowest BCUT2D eigenvalue weighted by molar-refractivity contribution is -0.137. The summed E-state index contributed by atoms with van der Waals surface area (Å²) in [7, 11) is -3.68. The van der Waals surface area contributed by atoms with Crippen LogP contribution in [0.5, 0.6) is 0 Å². The molecular weight excluding hydrogens is 317 g/mol. The first kappa shape index (κ1) is 19.3. The van der Waals surface area contributed by atoms with Gasteiger partial charge in [-0.3, -0.25) is 4.57 Å². The first-order valence-corrected chi connectivity index (χ1v) is 8.97. The molecule has 0 saturated carbocycles. The van der Waals surface area contributed by atoms with Crippen LogP contribution in [0.4, 0.5) is 0 Å². The Labute approximate surface area is 136 Å². The lowest BCUT2D eigenvalue weighted by atomic mass is 10.2. The summed E-state index contributed by atoms with van der Waals surface area (Å²) in [6.07, 6.45) is 2.55. The van der Waals surface area contributed by atoms with Crippen molar-refractivity contribution < 1.29 is 23.1 Å². The quantitative estimate of drug-likeness (QED) is 0.296. The summed E-state index contributed by atoms with van der Waals surface area (Å²) in [6, 6.07) is 9.23. The van der Waals surface area contributed by atoms with E-state index in [1.807, 2.05) is 30.3 Å². The van der Waals surface area contributed by atoms with E-state index >= 15 is 0 Å². The van der Waals surface area contributed by atoms with Crippen LogP contribution in [0.1, 0.15) is 26.3 Å². The Kier molecular flexibility index (Phi) is 8.48. The number of benzene rings is 1. The second-order valence-electron chi connectivity index (χ2n) is 4.26. The van der Waals surface area contributed by atoms with Gasteiger partial charge in [-0.15, -0.1) is 0 Å². The minimum Gasteiger partial charge on any atom is -0.463 e. The SMILES string of the molecule is CCOC(=O)/C=C(/N=C/c1ccccc1)P(=O)(OCC)OCC. The maximum Gasteiger partial charge on any atom is 0.379 e. The van der Waals surface area contributed by atoms with Gasteiger partial charge in [0.25, 0.3) is 0 Å². The molecule has 0 radical (unpaired) electrons. The standard InChI is InChI=1S/C16H22NO5P/c1-4-20-16(18)12-15(23(19,21-5-2)22-6-3)17-13-14-10-8-7-9-11-14/h7-13H,4-6H2,1-3H3/b15-12-,17-13+. The van der Waals surface area contributed by atoms with Crippen molar-refractivity contribution in [3.05, 3.63) is 47.4 Å². The molecule has 0 amide bonds. The number of carbonyl (C=O) groups is 1. The first-order chi connectivity index (χ1) is 11.1. The Morgan fingerprint density at radius 1 is 1.09 bits per heavy atom. The highest BCUT2D eigenvalue weighted by atomic mass is 31.2. The predicted octanol–water partition coefficient (Wildman–Crippen LogP) is 3.78. The Morgan fingerprint density at radius 2 is 1.70 bits per heavy atom. The van der Waals surface area contributed by atoms with Crippen molar-refractivity contribution in [1.29, 1.82) is 0 Å². The van der Waals surface area contributed by atoms with Crippen molar-refractivity contribution >= 4 is 19.8 Å². The van der Waals surface area contributed by atoms with Crippen LogP contribution in [0.15, 0.2) is 46.8 Å². The molecule has 0 aromatic heterocycles. The summed E-state index contributed by atoms with van der Waals surface area (Å²) in [4.78, 5) is 15.9. The van der Waals surface area contributed by atoms with E-state index in [9.17, 15) is 9.36 Å². The van der Waals surface area contributed by atoms with Crippen molar-refractivity contribution in [2.24, 2.45) is 4.99 Å². The third kappa shape index (κ3) is 6.48. The number of hydrogen-bond acceptors (Lipinski definition) is 6. The average molecular weight is 339 g/mol. The van der Waals surface area contributed by atoms with E-state index in [0.29, 0.717) is 0 Å². The van der Waals surface area contributed by atoms with Crippen LogP contribution in [-0.4, -0.2) is 32.0 Å². The van der Waals surface area contributed by atoms with Gasteiger partial charge in [0.1, 0.15) is 0 Å². The van der Waals surface area contributed by atoms with Gasteiger partial charge in [0, 0.05) is 6.21 Å². The molecule has 1 rings (SSSR count). The van der Waals surface area contributed by atoms with Crippen LogP contribution in [0.2, 0.25) is 0 Å². The number of esters is 1. The molecule has 0 unspecified atom stereocenters. The van der Waals surface area contributed by atoms with Gasteiger partial charge < -0.3 is 13.8 Å². The van der Waals surface area contributed by atoms with Crippen molar-refractivity contribution in [1.82, 2.24) is 0 Å². The lowest BCUT2D eigenvalue weighted by Crippen LogP contribution is -2.04. The average Bonchev–Trinajstić information content (AvgIpc) is 2.53. The largest absolute Gasteiger partial charge is 0.463 e. The van der Waals surface area contributed by atoms with Crippen molar-refractivity contribution in [2.45, 2.75) is 20.8 Å². The van der Waals surface area contributed by atoms with Gasteiger partial charge in [-0.2, -0.15) is 0 Å². The van der Waals surface area contributed by atoms with E-state index in [4.69, 9.17) is 13.8 Å². The molecule has 1 aromatic rings. The Morgan fingerprint density at radius 3 is 2.22 bits per heavy atom. The normalized spacial score (nSPS) is 12.6. The van der Waals surface area contributed by atoms with Crippen molar-refractivity contribution in [3.63, 3.8) is 0 Å². The molecule has 0 bridgehead atoms. The van der Waals surface area contributed by atoms with Gasteiger partial charge in [-0.25, -0.2) is 9.79 Å². The minimum absolute atomic E-state index is 0.0801. The van der Waals surface area contributed by atoms with Gasteiger partial charge >= 0.3 is 13.6 Å². The molecule has 0 saturated heterocycles. The number of ether oxygens (including phenoxy) is 1. The Balaban J connectivity index is 3.17. The molecule has 0 heterocycles. The molecule has 126 valence electrons. The van der Waals surface area contributed by atoms with E-state index in [-0.39, 0.29) is 25.3 Å². The molecule has 0 spiro atoms. The van der Waals surface area contributed by atoms with Crippen LogP contribution >= 0.6 is 7.60 Å². The third-order valence-corrected chi connectivity index (χ3v) is 4.56. The predicted molar refractivity (Wildman–Crippen MR) is 89.6 cm³/mol. The highest BCUT2D eigenvalue weighted by Crippen LogP contribution is 2.56. The zero-order chi connectivity index (χ0) is 17.1. The number of nitrogens with zero attached hydrogens (tertiary/aromatic N) is 1.